The molecule has 1 fully saturated rings. The third-order valence-electron chi connectivity index (χ3n) is 4.28. The average Bonchev–Trinajstić information content (AvgIpc) is 3.03. The van der Waals surface area contributed by atoms with E-state index in [4.69, 9.17) is 21.1 Å². The molecule has 1 aromatic heterocycles. The van der Waals surface area contributed by atoms with E-state index < -0.39 is 54.0 Å². The number of benzene rings is 1. The Kier molecular flexibility index (Phi) is 5.82. The minimum Gasteiger partial charge on any atom is -0.456 e. The van der Waals surface area contributed by atoms with E-state index in [9.17, 15) is 32.7 Å². The number of alkyl halides is 3. The summed E-state index contributed by atoms with van der Waals surface area (Å²) in [6, 6.07) is 5.75. The first-order valence-electron chi connectivity index (χ1n) is 8.25. The molecule has 0 radical (unpaired) electrons. The van der Waals surface area contributed by atoms with Crippen LogP contribution in [0.25, 0.3) is 0 Å². The van der Waals surface area contributed by atoms with Crippen LogP contribution in [0.2, 0.25) is 5.02 Å². The first-order valence-corrected chi connectivity index (χ1v) is 8.63. The van der Waals surface area contributed by atoms with Crippen molar-refractivity contribution in [1.29, 1.82) is 0 Å². The van der Waals surface area contributed by atoms with Crippen molar-refractivity contribution >= 4 is 17.6 Å². The summed E-state index contributed by atoms with van der Waals surface area (Å²) in [4.78, 5) is 37.2. The number of halogens is 4. The highest BCUT2D eigenvalue weighted by Crippen LogP contribution is 2.32. The lowest BCUT2D eigenvalue weighted by atomic mass is 10.1. The van der Waals surface area contributed by atoms with Gasteiger partial charge in [0.05, 0.1) is 12.2 Å². The predicted molar refractivity (Wildman–Crippen MR) is 92.6 cm³/mol. The van der Waals surface area contributed by atoms with Gasteiger partial charge in [-0.05, 0) is 24.3 Å². The van der Waals surface area contributed by atoms with Crippen LogP contribution in [0.4, 0.5) is 13.2 Å². The lowest BCUT2D eigenvalue weighted by Gasteiger charge is -2.16. The van der Waals surface area contributed by atoms with Gasteiger partial charge in [-0.2, -0.15) is 13.2 Å². The highest BCUT2D eigenvalue weighted by Gasteiger charge is 2.41. The molecule has 8 nitrogen and oxygen atoms in total. The maximum absolute atomic E-state index is 13.0. The molecule has 0 amide bonds. The summed E-state index contributed by atoms with van der Waals surface area (Å²) in [5.41, 5.74) is -4.13. The first-order chi connectivity index (χ1) is 13.6. The zero-order valence-corrected chi connectivity index (χ0v) is 15.2. The van der Waals surface area contributed by atoms with Crippen LogP contribution in [0.1, 0.15) is 28.6 Å². The summed E-state index contributed by atoms with van der Waals surface area (Å²) in [6.07, 6.45) is -8.28. The smallest absolute Gasteiger partial charge is 0.423 e. The van der Waals surface area contributed by atoms with E-state index in [1.807, 2.05) is 0 Å². The number of ether oxygens (including phenoxy) is 2. The standard InChI is InChI=1S/C17H14ClF3N2O6/c18-9-3-1-8(2-4-9)15(26)29-11-5-13(28-12(11)7-24)23-6-10(17(19,20)21)14(25)22-16(23)27/h1-4,6,11-13,24H,5,7H2,(H,22,25,27)/t11?,12-,13-/m1/s1. The van der Waals surface area contributed by atoms with Crippen LogP contribution >= 0.6 is 11.6 Å². The van der Waals surface area contributed by atoms with Crippen molar-refractivity contribution in [2.24, 2.45) is 0 Å². The van der Waals surface area contributed by atoms with E-state index in [1.54, 1.807) is 4.98 Å². The van der Waals surface area contributed by atoms with Gasteiger partial charge in [0.2, 0.25) is 0 Å². The zero-order chi connectivity index (χ0) is 21.3. The molecule has 29 heavy (non-hydrogen) atoms. The third-order valence-corrected chi connectivity index (χ3v) is 4.53. The molecule has 2 N–H and O–H groups in total. The van der Waals surface area contributed by atoms with E-state index >= 15 is 0 Å². The van der Waals surface area contributed by atoms with Crippen LogP contribution in [-0.2, 0) is 15.7 Å². The first kappa shape index (κ1) is 21.1. The van der Waals surface area contributed by atoms with Gasteiger partial charge in [-0.15, -0.1) is 0 Å². The highest BCUT2D eigenvalue weighted by atomic mass is 35.5. The quantitative estimate of drug-likeness (QED) is 0.709. The summed E-state index contributed by atoms with van der Waals surface area (Å²) >= 11 is 5.75. The number of aliphatic hydroxyl groups is 1. The Bertz CT molecular complexity index is 1020. The molecule has 2 aromatic rings. The summed E-state index contributed by atoms with van der Waals surface area (Å²) in [5.74, 6) is -0.765. The number of aliphatic hydroxyl groups excluding tert-OH is 1. The summed E-state index contributed by atoms with van der Waals surface area (Å²) < 4.78 is 50.1. The number of nitrogens with zero attached hydrogens (tertiary/aromatic N) is 1. The minimum atomic E-state index is -4.99. The van der Waals surface area contributed by atoms with Crippen LogP contribution in [0, 0.1) is 0 Å². The molecular formula is C17H14ClF3N2O6. The molecule has 0 saturated carbocycles. The lowest BCUT2D eigenvalue weighted by Crippen LogP contribution is -2.36. The molecule has 1 aromatic carbocycles. The molecule has 1 unspecified atom stereocenters. The molecule has 0 spiro atoms. The number of hydrogen-bond donors (Lipinski definition) is 2. The van der Waals surface area contributed by atoms with Crippen LogP contribution < -0.4 is 11.2 Å². The molecule has 0 aliphatic carbocycles. The summed E-state index contributed by atoms with van der Waals surface area (Å²) in [6.45, 7) is -0.612. The zero-order valence-electron chi connectivity index (χ0n) is 14.5. The molecule has 3 atom stereocenters. The van der Waals surface area contributed by atoms with Crippen molar-refractivity contribution in [3.63, 3.8) is 0 Å². The second-order valence-corrected chi connectivity index (χ2v) is 6.64. The Hall–Kier alpha value is -2.63. The van der Waals surface area contributed by atoms with E-state index in [0.717, 1.165) is 0 Å². The fourth-order valence-electron chi connectivity index (χ4n) is 2.85. The monoisotopic (exact) mass is 434 g/mol. The van der Waals surface area contributed by atoms with Gasteiger partial charge in [0.25, 0.3) is 5.56 Å². The fourth-order valence-corrected chi connectivity index (χ4v) is 2.98. The number of nitrogens with one attached hydrogen (secondary N) is 1. The van der Waals surface area contributed by atoms with Gasteiger partial charge in [-0.1, -0.05) is 11.6 Å². The Balaban J connectivity index is 1.84. The Morgan fingerprint density at radius 3 is 2.55 bits per heavy atom. The number of carbonyl (C=O) groups excluding carboxylic acids is 1. The molecule has 156 valence electrons. The number of carbonyl (C=O) groups is 1. The number of hydrogen-bond acceptors (Lipinski definition) is 6. The molecule has 1 aliphatic heterocycles. The minimum absolute atomic E-state index is 0.162. The SMILES string of the molecule is O=C(OC1C[C@H](n2cc(C(F)(F)F)c(=O)[nH]c2=O)O[C@@H]1CO)c1ccc(Cl)cc1. The number of rotatable bonds is 4. The topological polar surface area (TPSA) is 111 Å². The van der Waals surface area contributed by atoms with Gasteiger partial charge < -0.3 is 14.6 Å². The van der Waals surface area contributed by atoms with Crippen molar-refractivity contribution in [3.05, 3.63) is 67.4 Å². The molecular weight excluding hydrogens is 421 g/mol. The third kappa shape index (κ3) is 4.52. The van der Waals surface area contributed by atoms with Gasteiger partial charge >= 0.3 is 17.8 Å². The molecule has 1 aliphatic rings. The Morgan fingerprint density at radius 2 is 1.97 bits per heavy atom. The summed E-state index contributed by atoms with van der Waals surface area (Å²) in [7, 11) is 0. The number of esters is 1. The number of H-pyrrole nitrogens is 1. The van der Waals surface area contributed by atoms with Crippen LogP contribution in [0.3, 0.4) is 0 Å². The predicted octanol–water partition coefficient (Wildman–Crippen LogP) is 1.71. The lowest BCUT2D eigenvalue weighted by molar-refractivity contribution is -0.139. The molecule has 1 saturated heterocycles. The molecule has 12 heteroatoms. The fraction of sp³-hybridized carbons (Fsp3) is 0.353. The van der Waals surface area contributed by atoms with E-state index in [1.165, 1.54) is 24.3 Å². The van der Waals surface area contributed by atoms with Gasteiger partial charge in [0, 0.05) is 17.6 Å². The van der Waals surface area contributed by atoms with Crippen molar-refractivity contribution < 1.29 is 32.5 Å². The van der Waals surface area contributed by atoms with Crippen molar-refractivity contribution in [2.45, 2.75) is 31.0 Å². The maximum atomic E-state index is 13.0. The Morgan fingerprint density at radius 1 is 1.31 bits per heavy atom. The van der Waals surface area contributed by atoms with Gasteiger partial charge in [0.15, 0.2) is 0 Å². The summed E-state index contributed by atoms with van der Waals surface area (Å²) in [5, 5.41) is 9.86. The second kappa shape index (κ2) is 8.01. The maximum Gasteiger partial charge on any atom is 0.423 e. The second-order valence-electron chi connectivity index (χ2n) is 6.21. The van der Waals surface area contributed by atoms with Gasteiger partial charge in [-0.3, -0.25) is 14.3 Å². The number of aromatic nitrogens is 2. The normalized spacial score (nSPS) is 21.9. The van der Waals surface area contributed by atoms with Crippen molar-refractivity contribution in [2.75, 3.05) is 6.61 Å². The molecule has 2 heterocycles. The van der Waals surface area contributed by atoms with E-state index in [2.05, 4.69) is 0 Å². The average molecular weight is 435 g/mol. The van der Waals surface area contributed by atoms with Crippen LogP contribution in [-0.4, -0.2) is 39.4 Å². The highest BCUT2D eigenvalue weighted by molar-refractivity contribution is 6.30. The molecule has 3 rings (SSSR count). The van der Waals surface area contributed by atoms with Crippen LogP contribution in [0.15, 0.2) is 40.1 Å². The van der Waals surface area contributed by atoms with Crippen LogP contribution in [0.5, 0.6) is 0 Å². The van der Waals surface area contributed by atoms with E-state index in [0.29, 0.717) is 15.8 Å². The van der Waals surface area contributed by atoms with Crippen molar-refractivity contribution in [1.82, 2.24) is 9.55 Å². The molecule has 0 bridgehead atoms. The van der Waals surface area contributed by atoms with E-state index in [-0.39, 0.29) is 12.0 Å². The van der Waals surface area contributed by atoms with Crippen molar-refractivity contribution in [3.8, 4) is 0 Å². The van der Waals surface area contributed by atoms with Gasteiger partial charge in [-0.25, -0.2) is 9.59 Å². The van der Waals surface area contributed by atoms with Gasteiger partial charge in [0.1, 0.15) is 24.0 Å². The largest absolute Gasteiger partial charge is 0.456 e. The Labute approximate surface area is 165 Å². The number of aromatic amines is 1.